The largest absolute Gasteiger partial charge is 0.339 e. The molecule has 2 aliphatic rings. The van der Waals surface area contributed by atoms with Crippen molar-refractivity contribution in [1.29, 1.82) is 0 Å². The maximum absolute atomic E-state index is 12.8. The monoisotopic (exact) mass is 420 g/mol. The molecule has 0 radical (unpaired) electrons. The van der Waals surface area contributed by atoms with E-state index in [-0.39, 0.29) is 24.4 Å². The average Bonchev–Trinajstić information content (AvgIpc) is 2.96. The molecule has 0 aromatic heterocycles. The van der Waals surface area contributed by atoms with Gasteiger partial charge in [-0.25, -0.2) is 4.79 Å². The summed E-state index contributed by atoms with van der Waals surface area (Å²) in [6, 6.07) is 6.79. The van der Waals surface area contributed by atoms with Gasteiger partial charge in [-0.2, -0.15) is 0 Å². The number of benzene rings is 1. The van der Waals surface area contributed by atoms with Crippen LogP contribution in [0, 0.1) is 0 Å². The van der Waals surface area contributed by atoms with Gasteiger partial charge in [-0.1, -0.05) is 24.4 Å². The summed E-state index contributed by atoms with van der Waals surface area (Å²) in [7, 11) is 0. The maximum Gasteiger partial charge on any atom is 0.321 e. The highest BCUT2D eigenvalue weighted by atomic mass is 35.5. The zero-order valence-electron chi connectivity index (χ0n) is 16.7. The van der Waals surface area contributed by atoms with Crippen molar-refractivity contribution in [1.82, 2.24) is 14.7 Å². The van der Waals surface area contributed by atoms with E-state index in [1.54, 1.807) is 39.0 Å². The molecule has 0 bridgehead atoms. The lowest BCUT2D eigenvalue weighted by Gasteiger charge is -2.28. The van der Waals surface area contributed by atoms with Crippen LogP contribution in [0.15, 0.2) is 24.3 Å². The predicted octanol–water partition coefficient (Wildman–Crippen LogP) is 3.20. The van der Waals surface area contributed by atoms with Crippen LogP contribution >= 0.6 is 11.6 Å². The first-order valence-electron chi connectivity index (χ1n) is 10.4. The molecule has 2 heterocycles. The Balaban J connectivity index is 1.50. The molecular weight excluding hydrogens is 392 g/mol. The molecule has 0 unspecified atom stereocenters. The molecule has 0 spiro atoms. The van der Waals surface area contributed by atoms with Gasteiger partial charge in [0, 0.05) is 49.9 Å². The number of anilines is 1. The van der Waals surface area contributed by atoms with E-state index in [2.05, 4.69) is 5.32 Å². The van der Waals surface area contributed by atoms with Crippen LogP contribution in [0.25, 0.3) is 0 Å². The number of nitrogens with zero attached hydrogens (tertiary/aromatic N) is 3. The lowest BCUT2D eigenvalue weighted by molar-refractivity contribution is -0.140. The van der Waals surface area contributed by atoms with Gasteiger partial charge < -0.3 is 20.0 Å². The van der Waals surface area contributed by atoms with E-state index in [4.69, 9.17) is 11.6 Å². The number of halogens is 1. The van der Waals surface area contributed by atoms with Gasteiger partial charge in [-0.05, 0) is 43.5 Å². The van der Waals surface area contributed by atoms with Gasteiger partial charge in [-0.3, -0.25) is 9.59 Å². The molecule has 2 fully saturated rings. The molecular formula is C21H29ClN4O3. The van der Waals surface area contributed by atoms with Crippen molar-refractivity contribution >= 4 is 35.1 Å². The summed E-state index contributed by atoms with van der Waals surface area (Å²) >= 11 is 5.88. The van der Waals surface area contributed by atoms with Gasteiger partial charge in [0.2, 0.25) is 11.8 Å². The summed E-state index contributed by atoms with van der Waals surface area (Å²) in [5.41, 5.74) is 0.687. The van der Waals surface area contributed by atoms with Crippen molar-refractivity contribution in [3.05, 3.63) is 29.3 Å². The Hall–Kier alpha value is -2.28. The number of rotatable bonds is 3. The van der Waals surface area contributed by atoms with E-state index < -0.39 is 0 Å². The summed E-state index contributed by atoms with van der Waals surface area (Å²) in [6.07, 6.45) is 5.31. The third-order valence-corrected chi connectivity index (χ3v) is 5.73. The molecule has 1 N–H and O–H groups in total. The normalized spacial score (nSPS) is 18.7. The minimum atomic E-state index is -0.180. The average molecular weight is 421 g/mol. The third-order valence-electron chi connectivity index (χ3n) is 5.48. The number of urea groups is 1. The number of carbonyl (C=O) groups excluding carboxylic acids is 3. The van der Waals surface area contributed by atoms with Crippen LogP contribution in [0.5, 0.6) is 0 Å². The van der Waals surface area contributed by atoms with Crippen LogP contribution in [0.1, 0.15) is 38.5 Å². The minimum absolute atomic E-state index is 0.0288. The summed E-state index contributed by atoms with van der Waals surface area (Å²) in [6.45, 7) is 2.95. The molecule has 0 atom stereocenters. The molecule has 29 heavy (non-hydrogen) atoms. The van der Waals surface area contributed by atoms with Gasteiger partial charge in [0.05, 0.1) is 6.54 Å². The number of hydrogen-bond acceptors (Lipinski definition) is 3. The zero-order chi connectivity index (χ0) is 20.6. The van der Waals surface area contributed by atoms with Crippen LogP contribution < -0.4 is 5.32 Å². The SMILES string of the molecule is O=C(CN1CCCCCCC1=O)N1CCCN(C(=O)Nc2ccc(Cl)cc2)CC1. The molecule has 2 aliphatic heterocycles. The molecule has 1 aromatic carbocycles. The molecule has 4 amide bonds. The van der Waals surface area contributed by atoms with Crippen LogP contribution in [0.3, 0.4) is 0 Å². The highest BCUT2D eigenvalue weighted by molar-refractivity contribution is 6.30. The molecule has 1 aromatic rings. The van der Waals surface area contributed by atoms with Crippen molar-refractivity contribution in [2.24, 2.45) is 0 Å². The van der Waals surface area contributed by atoms with E-state index in [0.717, 1.165) is 25.7 Å². The number of amides is 4. The van der Waals surface area contributed by atoms with Gasteiger partial charge in [-0.15, -0.1) is 0 Å². The number of carbonyl (C=O) groups is 3. The van der Waals surface area contributed by atoms with Gasteiger partial charge in [0.15, 0.2) is 0 Å². The highest BCUT2D eigenvalue weighted by Crippen LogP contribution is 2.15. The first-order valence-corrected chi connectivity index (χ1v) is 10.8. The van der Waals surface area contributed by atoms with E-state index in [1.807, 2.05) is 0 Å². The zero-order valence-corrected chi connectivity index (χ0v) is 17.5. The van der Waals surface area contributed by atoms with Crippen molar-refractivity contribution in [2.75, 3.05) is 44.6 Å². The first-order chi connectivity index (χ1) is 14.0. The Labute approximate surface area is 177 Å². The summed E-state index contributed by atoms with van der Waals surface area (Å²) in [5.74, 6) is 0.0516. The lowest BCUT2D eigenvalue weighted by atomic mass is 10.1. The Morgan fingerprint density at radius 3 is 2.34 bits per heavy atom. The minimum Gasteiger partial charge on any atom is -0.339 e. The van der Waals surface area contributed by atoms with Crippen LogP contribution in [0.4, 0.5) is 10.5 Å². The van der Waals surface area contributed by atoms with Gasteiger partial charge >= 0.3 is 6.03 Å². The molecule has 0 saturated carbocycles. The van der Waals surface area contributed by atoms with Crippen molar-refractivity contribution in [2.45, 2.75) is 38.5 Å². The Kier molecular flexibility index (Phi) is 7.75. The number of hydrogen-bond donors (Lipinski definition) is 1. The van der Waals surface area contributed by atoms with Crippen LogP contribution in [-0.2, 0) is 9.59 Å². The summed E-state index contributed by atoms with van der Waals surface area (Å²) in [4.78, 5) is 42.8. The van der Waals surface area contributed by atoms with Crippen LogP contribution in [0.2, 0.25) is 5.02 Å². The Morgan fingerprint density at radius 1 is 0.862 bits per heavy atom. The van der Waals surface area contributed by atoms with Gasteiger partial charge in [0.25, 0.3) is 0 Å². The fourth-order valence-electron chi connectivity index (χ4n) is 3.75. The van der Waals surface area contributed by atoms with Crippen molar-refractivity contribution in [3.63, 3.8) is 0 Å². The van der Waals surface area contributed by atoms with E-state index in [1.165, 1.54) is 0 Å². The standard InChI is InChI=1S/C21H29ClN4O3/c22-17-7-9-18(10-8-17)23-21(29)25-13-5-12-24(14-15-25)20(28)16-26-11-4-2-1-3-6-19(26)27/h7-10H,1-6,11-16H2,(H,23,29). The topological polar surface area (TPSA) is 73.0 Å². The Morgan fingerprint density at radius 2 is 1.55 bits per heavy atom. The third kappa shape index (κ3) is 6.35. The fourth-order valence-corrected chi connectivity index (χ4v) is 3.88. The van der Waals surface area contributed by atoms with E-state index in [9.17, 15) is 14.4 Å². The number of nitrogens with one attached hydrogen (secondary N) is 1. The van der Waals surface area contributed by atoms with Crippen molar-refractivity contribution < 1.29 is 14.4 Å². The smallest absolute Gasteiger partial charge is 0.321 e. The molecule has 158 valence electrons. The second kappa shape index (κ2) is 10.5. The molecule has 2 saturated heterocycles. The quantitative estimate of drug-likeness (QED) is 0.816. The second-order valence-corrected chi connectivity index (χ2v) is 8.07. The maximum atomic E-state index is 12.8. The first kappa shape index (κ1) is 21.4. The predicted molar refractivity (Wildman–Crippen MR) is 113 cm³/mol. The Bertz CT molecular complexity index is 725. The molecule has 7 nitrogen and oxygen atoms in total. The number of likely N-dealkylation sites (tertiary alicyclic amines) is 1. The molecule has 3 rings (SSSR count). The van der Waals surface area contributed by atoms with Crippen molar-refractivity contribution in [3.8, 4) is 0 Å². The molecule has 0 aliphatic carbocycles. The highest BCUT2D eigenvalue weighted by Gasteiger charge is 2.25. The lowest BCUT2D eigenvalue weighted by Crippen LogP contribution is -2.45. The van der Waals surface area contributed by atoms with Crippen LogP contribution in [-0.4, -0.2) is 71.8 Å². The summed E-state index contributed by atoms with van der Waals surface area (Å²) < 4.78 is 0. The second-order valence-electron chi connectivity index (χ2n) is 7.64. The van der Waals surface area contributed by atoms with E-state index in [0.29, 0.717) is 56.3 Å². The van der Waals surface area contributed by atoms with E-state index >= 15 is 0 Å². The fraction of sp³-hybridized carbons (Fsp3) is 0.571. The summed E-state index contributed by atoms with van der Waals surface area (Å²) in [5, 5.41) is 3.48. The molecule has 8 heteroatoms. The van der Waals surface area contributed by atoms with Gasteiger partial charge in [0.1, 0.15) is 0 Å².